The monoisotopic (exact) mass is 546 g/mol. The smallest absolute Gasteiger partial charge is 0.301 e. The lowest BCUT2D eigenvalue weighted by Gasteiger charge is -2.24. The number of ketones is 1. The Morgan fingerprint density at radius 3 is 2.26 bits per heavy atom. The second-order valence-electron chi connectivity index (χ2n) is 9.51. The van der Waals surface area contributed by atoms with Crippen LogP contribution in [0.5, 0.6) is 0 Å². The number of fused-ring (bicyclic) bond motifs is 1. The van der Waals surface area contributed by atoms with Gasteiger partial charge in [0.25, 0.3) is 5.78 Å². The molecule has 1 fully saturated rings. The van der Waals surface area contributed by atoms with Gasteiger partial charge in [0.15, 0.2) is 5.13 Å². The number of carbonyl (C=O) groups excluding carboxylic acids is 2. The van der Waals surface area contributed by atoms with Gasteiger partial charge in [-0.05, 0) is 40.8 Å². The van der Waals surface area contributed by atoms with Gasteiger partial charge in [0.2, 0.25) is 0 Å². The highest BCUT2D eigenvalue weighted by molar-refractivity contribution is 9.10. The van der Waals surface area contributed by atoms with E-state index < -0.39 is 17.7 Å². The predicted octanol–water partition coefficient (Wildman–Crippen LogP) is 6.98. The first-order valence-corrected chi connectivity index (χ1v) is 12.8. The van der Waals surface area contributed by atoms with Crippen molar-refractivity contribution in [3.05, 3.63) is 99.5 Å². The second kappa shape index (κ2) is 8.73. The Kier molecular flexibility index (Phi) is 5.85. The van der Waals surface area contributed by atoms with Crippen LogP contribution in [0.25, 0.3) is 16.0 Å². The minimum Gasteiger partial charge on any atom is -0.507 e. The van der Waals surface area contributed by atoms with Crippen LogP contribution in [0.4, 0.5) is 5.13 Å². The number of hydrogen-bond acceptors (Lipinski definition) is 5. The number of rotatable bonds is 3. The molecular weight excluding hydrogens is 524 g/mol. The summed E-state index contributed by atoms with van der Waals surface area (Å²) < 4.78 is 1.76. The summed E-state index contributed by atoms with van der Waals surface area (Å²) in [6.45, 7) is 6.38. The molecule has 4 aromatic rings. The Hall–Kier alpha value is -3.29. The number of anilines is 1. The summed E-state index contributed by atoms with van der Waals surface area (Å²) in [5.41, 5.74) is 3.09. The highest BCUT2D eigenvalue weighted by atomic mass is 79.9. The molecule has 1 saturated heterocycles. The normalized spacial score (nSPS) is 17.9. The molecule has 0 saturated carbocycles. The van der Waals surface area contributed by atoms with Crippen LogP contribution >= 0.6 is 27.3 Å². The van der Waals surface area contributed by atoms with Gasteiger partial charge in [-0.3, -0.25) is 14.5 Å². The first kappa shape index (κ1) is 23.5. The number of benzene rings is 3. The first-order valence-electron chi connectivity index (χ1n) is 11.2. The molecule has 0 bridgehead atoms. The van der Waals surface area contributed by atoms with Crippen LogP contribution in [0.2, 0.25) is 0 Å². The molecule has 2 heterocycles. The van der Waals surface area contributed by atoms with Gasteiger partial charge in [-0.2, -0.15) is 0 Å². The largest absolute Gasteiger partial charge is 0.507 e. The van der Waals surface area contributed by atoms with Crippen molar-refractivity contribution < 1.29 is 14.7 Å². The van der Waals surface area contributed by atoms with Gasteiger partial charge in [-0.15, -0.1) is 0 Å². The van der Waals surface area contributed by atoms with Gasteiger partial charge >= 0.3 is 5.91 Å². The Labute approximate surface area is 215 Å². The molecule has 7 heteroatoms. The van der Waals surface area contributed by atoms with Crippen molar-refractivity contribution in [2.24, 2.45) is 0 Å². The molecule has 1 N–H and O–H groups in total. The number of aromatic nitrogens is 1. The quantitative estimate of drug-likeness (QED) is 0.171. The van der Waals surface area contributed by atoms with E-state index in [-0.39, 0.29) is 16.7 Å². The SMILES string of the molecule is CC(C)(C)c1ccc(C2/C(=C(\O)c3ccc(Br)cc3)C(=O)C(=O)N2c2nc3ccccc3s2)cc1. The lowest BCUT2D eigenvalue weighted by Crippen LogP contribution is -2.29. The lowest BCUT2D eigenvalue weighted by molar-refractivity contribution is -0.132. The van der Waals surface area contributed by atoms with E-state index in [2.05, 4.69) is 41.7 Å². The molecule has 1 atom stereocenters. The van der Waals surface area contributed by atoms with Crippen molar-refractivity contribution in [3.8, 4) is 0 Å². The number of hydrogen-bond donors (Lipinski definition) is 1. The maximum atomic E-state index is 13.4. The zero-order valence-electron chi connectivity index (χ0n) is 19.4. The van der Waals surface area contributed by atoms with E-state index in [1.165, 1.54) is 16.2 Å². The maximum absolute atomic E-state index is 13.4. The van der Waals surface area contributed by atoms with Crippen LogP contribution in [0.15, 0.2) is 82.8 Å². The minimum atomic E-state index is -0.798. The Balaban J connectivity index is 1.71. The van der Waals surface area contributed by atoms with Crippen molar-refractivity contribution >= 4 is 60.1 Å². The number of halogens is 1. The summed E-state index contributed by atoms with van der Waals surface area (Å²) in [7, 11) is 0. The molecule has 1 aromatic heterocycles. The molecule has 0 spiro atoms. The molecule has 176 valence electrons. The molecule has 1 aliphatic heterocycles. The average Bonchev–Trinajstić information content (AvgIpc) is 3.37. The maximum Gasteiger partial charge on any atom is 0.301 e. The molecule has 0 radical (unpaired) electrons. The summed E-state index contributed by atoms with van der Waals surface area (Å²) in [6, 6.07) is 21.7. The fourth-order valence-electron chi connectivity index (χ4n) is 4.24. The van der Waals surface area contributed by atoms with Crippen LogP contribution in [-0.2, 0) is 15.0 Å². The number of para-hydroxylation sites is 1. The van der Waals surface area contributed by atoms with Crippen molar-refractivity contribution in [2.75, 3.05) is 4.90 Å². The summed E-state index contributed by atoms with van der Waals surface area (Å²) in [5, 5.41) is 11.7. The van der Waals surface area contributed by atoms with Crippen molar-refractivity contribution in [1.29, 1.82) is 0 Å². The van der Waals surface area contributed by atoms with E-state index in [1.54, 1.807) is 24.3 Å². The van der Waals surface area contributed by atoms with E-state index in [4.69, 9.17) is 0 Å². The van der Waals surface area contributed by atoms with Crippen LogP contribution in [-0.4, -0.2) is 21.8 Å². The fraction of sp³-hybridized carbons (Fsp3) is 0.179. The van der Waals surface area contributed by atoms with Gasteiger partial charge in [0.1, 0.15) is 5.76 Å². The van der Waals surface area contributed by atoms with Gasteiger partial charge in [-0.25, -0.2) is 4.98 Å². The minimum absolute atomic E-state index is 0.0508. The molecule has 0 aliphatic carbocycles. The van der Waals surface area contributed by atoms with Crippen LogP contribution < -0.4 is 4.90 Å². The van der Waals surface area contributed by atoms with Gasteiger partial charge in [0.05, 0.1) is 21.8 Å². The Bertz CT molecular complexity index is 1450. The molecule has 5 rings (SSSR count). The third-order valence-corrected chi connectivity index (χ3v) is 7.71. The zero-order chi connectivity index (χ0) is 24.9. The number of carbonyl (C=O) groups is 2. The molecule has 5 nitrogen and oxygen atoms in total. The number of aliphatic hydroxyl groups is 1. The van der Waals surface area contributed by atoms with Crippen LogP contribution in [0.1, 0.15) is 43.5 Å². The third kappa shape index (κ3) is 4.19. The highest BCUT2D eigenvalue weighted by Crippen LogP contribution is 2.44. The van der Waals surface area contributed by atoms with Gasteiger partial charge < -0.3 is 5.11 Å². The Morgan fingerprint density at radius 1 is 0.971 bits per heavy atom. The van der Waals surface area contributed by atoms with E-state index in [0.717, 1.165) is 25.8 Å². The third-order valence-electron chi connectivity index (χ3n) is 6.14. The predicted molar refractivity (Wildman–Crippen MR) is 144 cm³/mol. The van der Waals surface area contributed by atoms with Gasteiger partial charge in [-0.1, -0.05) is 96.6 Å². The summed E-state index contributed by atoms with van der Waals surface area (Å²) in [5.74, 6) is -1.63. The first-order chi connectivity index (χ1) is 16.6. The molecule has 1 unspecified atom stereocenters. The number of thiazole rings is 1. The number of nitrogens with zero attached hydrogens (tertiary/aromatic N) is 2. The molecule has 1 amide bonds. The molecule has 35 heavy (non-hydrogen) atoms. The molecular formula is C28H23BrN2O3S. The summed E-state index contributed by atoms with van der Waals surface area (Å²) >= 11 is 4.74. The number of Topliss-reactive ketones (excluding diaryl/α,β-unsaturated/α-hetero) is 1. The Morgan fingerprint density at radius 2 is 1.63 bits per heavy atom. The van der Waals surface area contributed by atoms with E-state index in [0.29, 0.717) is 10.7 Å². The van der Waals surface area contributed by atoms with E-state index in [1.807, 2.05) is 48.5 Å². The van der Waals surface area contributed by atoms with Crippen molar-refractivity contribution in [3.63, 3.8) is 0 Å². The molecule has 1 aliphatic rings. The topological polar surface area (TPSA) is 70.5 Å². The molecule has 3 aromatic carbocycles. The zero-order valence-corrected chi connectivity index (χ0v) is 21.9. The van der Waals surface area contributed by atoms with Crippen molar-refractivity contribution in [2.45, 2.75) is 32.2 Å². The van der Waals surface area contributed by atoms with Crippen molar-refractivity contribution in [1.82, 2.24) is 4.98 Å². The highest BCUT2D eigenvalue weighted by Gasteiger charge is 2.48. The lowest BCUT2D eigenvalue weighted by atomic mass is 9.85. The van der Waals surface area contributed by atoms with E-state index in [9.17, 15) is 14.7 Å². The standard InChI is InChI=1S/C28H23BrN2O3S/c1-28(2,3)18-12-8-16(9-13-18)23-22(24(32)17-10-14-19(29)15-11-17)25(33)26(34)31(23)27-30-20-6-4-5-7-21(20)35-27/h4-15,23,32H,1-3H3/b24-22+. The number of aliphatic hydroxyl groups excluding tert-OH is 1. The summed E-state index contributed by atoms with van der Waals surface area (Å²) in [4.78, 5) is 32.8. The van der Waals surface area contributed by atoms with Crippen LogP contribution in [0.3, 0.4) is 0 Å². The average molecular weight is 547 g/mol. The number of amides is 1. The second-order valence-corrected chi connectivity index (χ2v) is 11.4. The van der Waals surface area contributed by atoms with Crippen LogP contribution in [0, 0.1) is 0 Å². The van der Waals surface area contributed by atoms with E-state index >= 15 is 0 Å². The van der Waals surface area contributed by atoms with Gasteiger partial charge in [0, 0.05) is 10.0 Å². The summed E-state index contributed by atoms with van der Waals surface area (Å²) in [6.07, 6.45) is 0. The fourth-order valence-corrected chi connectivity index (χ4v) is 5.49.